The van der Waals surface area contributed by atoms with Crippen LogP contribution in [0.3, 0.4) is 0 Å². The van der Waals surface area contributed by atoms with Crippen molar-refractivity contribution in [2.75, 3.05) is 0 Å². The van der Waals surface area contributed by atoms with Crippen LogP contribution in [0.1, 0.15) is 33.1 Å². The SMILES string of the molecule is C=C(N)N[C@H]1CC(C(=O)O)=C[C@@H](OC(CC)CC)[C@@H]1NC(=O)C(F)(F)F. The van der Waals surface area contributed by atoms with Gasteiger partial charge in [-0.2, -0.15) is 13.2 Å². The molecule has 148 valence electrons. The first-order valence-corrected chi connectivity index (χ1v) is 8.17. The molecule has 1 amide bonds. The van der Waals surface area contributed by atoms with Gasteiger partial charge in [-0.05, 0) is 18.9 Å². The summed E-state index contributed by atoms with van der Waals surface area (Å²) in [6.45, 7) is 7.09. The Labute approximate surface area is 149 Å². The second kappa shape index (κ2) is 8.93. The molecule has 0 heterocycles. The molecular formula is C16H24F3N3O4. The standard InChI is InChI=1S/C16H24F3N3O4/c1-4-10(5-2)26-12-7-9(14(23)24)6-11(21-8(3)20)13(12)22-15(25)16(17,18)19/h7,10-13,21H,3-6,20H2,1-2H3,(H,22,25)(H,23,24)/t11-,12+,13+/m0/s1. The van der Waals surface area contributed by atoms with E-state index < -0.39 is 36.2 Å². The van der Waals surface area contributed by atoms with Crippen molar-refractivity contribution in [1.29, 1.82) is 0 Å². The van der Waals surface area contributed by atoms with Crippen LogP contribution in [0.4, 0.5) is 13.2 Å². The highest BCUT2D eigenvalue weighted by molar-refractivity contribution is 5.87. The second-order valence-electron chi connectivity index (χ2n) is 6.01. The molecule has 1 aliphatic carbocycles. The summed E-state index contributed by atoms with van der Waals surface area (Å²) in [6.07, 6.45) is -4.23. The van der Waals surface area contributed by atoms with Crippen molar-refractivity contribution >= 4 is 11.9 Å². The van der Waals surface area contributed by atoms with Crippen LogP contribution in [-0.2, 0) is 14.3 Å². The summed E-state index contributed by atoms with van der Waals surface area (Å²) in [5.41, 5.74) is 5.43. The Balaban J connectivity index is 3.23. The molecule has 3 atom stereocenters. The van der Waals surface area contributed by atoms with Gasteiger partial charge in [-0.3, -0.25) is 4.79 Å². The highest BCUT2D eigenvalue weighted by Crippen LogP contribution is 2.26. The van der Waals surface area contributed by atoms with Crippen LogP contribution in [0.2, 0.25) is 0 Å². The number of carboxylic acid groups (broad SMARTS) is 1. The number of hydrogen-bond acceptors (Lipinski definition) is 5. The number of nitrogens with two attached hydrogens (primary N) is 1. The van der Waals surface area contributed by atoms with E-state index in [0.717, 1.165) is 0 Å². The van der Waals surface area contributed by atoms with Gasteiger partial charge in [-0.25, -0.2) is 4.79 Å². The van der Waals surface area contributed by atoms with E-state index in [0.29, 0.717) is 12.8 Å². The predicted molar refractivity (Wildman–Crippen MR) is 87.8 cm³/mol. The molecule has 10 heteroatoms. The molecule has 0 aliphatic heterocycles. The maximum Gasteiger partial charge on any atom is 0.471 e. The summed E-state index contributed by atoms with van der Waals surface area (Å²) in [5.74, 6) is -3.42. The van der Waals surface area contributed by atoms with Crippen LogP contribution in [0.25, 0.3) is 0 Å². The Bertz CT molecular complexity index is 574. The largest absolute Gasteiger partial charge is 0.478 e. The molecule has 7 nitrogen and oxygen atoms in total. The van der Waals surface area contributed by atoms with Crippen LogP contribution in [0.15, 0.2) is 24.0 Å². The van der Waals surface area contributed by atoms with Crippen molar-refractivity contribution < 1.29 is 32.6 Å². The molecule has 5 N–H and O–H groups in total. The third-order valence-electron chi connectivity index (χ3n) is 4.05. The number of carbonyl (C=O) groups excluding carboxylic acids is 1. The smallest absolute Gasteiger partial charge is 0.471 e. The topological polar surface area (TPSA) is 114 Å². The number of nitrogens with one attached hydrogen (secondary N) is 2. The van der Waals surface area contributed by atoms with Gasteiger partial charge in [0, 0.05) is 12.0 Å². The van der Waals surface area contributed by atoms with Crippen molar-refractivity contribution in [1.82, 2.24) is 10.6 Å². The van der Waals surface area contributed by atoms with Crippen LogP contribution >= 0.6 is 0 Å². The number of halogens is 3. The molecule has 0 unspecified atom stereocenters. The maximum absolute atomic E-state index is 12.7. The third-order valence-corrected chi connectivity index (χ3v) is 4.05. The summed E-state index contributed by atoms with van der Waals surface area (Å²) >= 11 is 0. The molecule has 0 radical (unpaired) electrons. The average Bonchev–Trinajstić information content (AvgIpc) is 2.52. The van der Waals surface area contributed by atoms with E-state index in [-0.39, 0.29) is 23.9 Å². The van der Waals surface area contributed by atoms with E-state index >= 15 is 0 Å². The summed E-state index contributed by atoms with van der Waals surface area (Å²) in [4.78, 5) is 22.8. The van der Waals surface area contributed by atoms with Gasteiger partial charge in [0.25, 0.3) is 0 Å². The number of rotatable bonds is 8. The highest BCUT2D eigenvalue weighted by Gasteiger charge is 2.44. The number of ether oxygens (including phenoxy) is 1. The van der Waals surface area contributed by atoms with Gasteiger partial charge in [0.1, 0.15) is 0 Å². The third kappa shape index (κ3) is 5.94. The number of hydrogen-bond donors (Lipinski definition) is 4. The maximum atomic E-state index is 12.7. The van der Waals surface area contributed by atoms with Gasteiger partial charge in [0.05, 0.1) is 30.1 Å². The van der Waals surface area contributed by atoms with Crippen LogP contribution < -0.4 is 16.4 Å². The average molecular weight is 379 g/mol. The Morgan fingerprint density at radius 3 is 2.38 bits per heavy atom. The molecule has 0 spiro atoms. The van der Waals surface area contributed by atoms with Gasteiger partial charge in [-0.15, -0.1) is 0 Å². The molecule has 1 rings (SSSR count). The lowest BCUT2D eigenvalue weighted by Crippen LogP contribution is -2.60. The molecule has 0 saturated carbocycles. The summed E-state index contributed by atoms with van der Waals surface area (Å²) in [5, 5.41) is 13.8. The molecule has 1 aliphatic rings. The van der Waals surface area contributed by atoms with Crippen LogP contribution in [0, 0.1) is 0 Å². The predicted octanol–water partition coefficient (Wildman–Crippen LogP) is 1.41. The Morgan fingerprint density at radius 1 is 1.38 bits per heavy atom. The molecule has 0 saturated heterocycles. The van der Waals surface area contributed by atoms with Crippen molar-refractivity contribution in [3.05, 3.63) is 24.0 Å². The van der Waals surface area contributed by atoms with E-state index in [9.17, 15) is 27.9 Å². The Kier molecular flexibility index (Phi) is 7.49. The number of carboxylic acids is 1. The van der Waals surface area contributed by atoms with E-state index in [1.807, 2.05) is 19.2 Å². The Morgan fingerprint density at radius 2 is 1.96 bits per heavy atom. The van der Waals surface area contributed by atoms with Gasteiger partial charge in [0.15, 0.2) is 0 Å². The fraction of sp³-hybridized carbons (Fsp3) is 0.625. The van der Waals surface area contributed by atoms with Crippen molar-refractivity contribution in [2.45, 2.75) is 63.6 Å². The van der Waals surface area contributed by atoms with E-state index in [2.05, 4.69) is 11.9 Å². The molecule has 0 aromatic heterocycles. The number of amides is 1. The van der Waals surface area contributed by atoms with E-state index in [4.69, 9.17) is 10.5 Å². The molecule has 0 bridgehead atoms. The van der Waals surface area contributed by atoms with Gasteiger partial charge in [-0.1, -0.05) is 20.4 Å². The lowest BCUT2D eigenvalue weighted by molar-refractivity contribution is -0.175. The highest BCUT2D eigenvalue weighted by atomic mass is 19.4. The summed E-state index contributed by atoms with van der Waals surface area (Å²) in [7, 11) is 0. The lowest BCUT2D eigenvalue weighted by atomic mass is 9.87. The fourth-order valence-corrected chi connectivity index (χ4v) is 2.74. The molecule has 0 fully saturated rings. The van der Waals surface area contributed by atoms with Gasteiger partial charge in [0.2, 0.25) is 0 Å². The normalized spacial score (nSPS) is 23.3. The van der Waals surface area contributed by atoms with Gasteiger partial charge >= 0.3 is 18.1 Å². The number of aliphatic carboxylic acids is 1. The zero-order valence-electron chi connectivity index (χ0n) is 14.6. The molecule has 0 aromatic carbocycles. The first-order valence-electron chi connectivity index (χ1n) is 8.17. The number of alkyl halides is 3. The minimum Gasteiger partial charge on any atom is -0.478 e. The minimum atomic E-state index is -5.08. The lowest BCUT2D eigenvalue weighted by Gasteiger charge is -2.39. The van der Waals surface area contributed by atoms with Crippen molar-refractivity contribution in [2.24, 2.45) is 5.73 Å². The monoisotopic (exact) mass is 379 g/mol. The van der Waals surface area contributed by atoms with Crippen molar-refractivity contribution in [3.8, 4) is 0 Å². The van der Waals surface area contributed by atoms with Crippen LogP contribution in [-0.4, -0.2) is 47.5 Å². The summed E-state index contributed by atoms with van der Waals surface area (Å²) < 4.78 is 43.9. The van der Waals surface area contributed by atoms with Crippen molar-refractivity contribution in [3.63, 3.8) is 0 Å². The molecule has 26 heavy (non-hydrogen) atoms. The van der Waals surface area contributed by atoms with E-state index in [1.54, 1.807) is 0 Å². The second-order valence-corrected chi connectivity index (χ2v) is 6.01. The quantitative estimate of drug-likeness (QED) is 0.507. The Hall–Kier alpha value is -2.23. The first kappa shape index (κ1) is 21.8. The first-order chi connectivity index (χ1) is 12.0. The zero-order valence-corrected chi connectivity index (χ0v) is 14.6. The van der Waals surface area contributed by atoms with Gasteiger partial charge < -0.3 is 26.2 Å². The molecule has 0 aromatic rings. The van der Waals surface area contributed by atoms with E-state index in [1.165, 1.54) is 6.08 Å². The summed E-state index contributed by atoms with van der Waals surface area (Å²) in [6, 6.07) is -2.10. The van der Waals surface area contributed by atoms with Crippen LogP contribution in [0.5, 0.6) is 0 Å². The number of carbonyl (C=O) groups is 2. The minimum absolute atomic E-state index is 0.0442. The fourth-order valence-electron chi connectivity index (χ4n) is 2.74. The zero-order chi connectivity index (χ0) is 20.1. The molecular weight excluding hydrogens is 355 g/mol.